The molecule has 4 nitrogen and oxygen atoms in total. The lowest BCUT2D eigenvalue weighted by Crippen LogP contribution is -2.29. The number of nitrogens with zero attached hydrogens (tertiary/aromatic N) is 2. The highest BCUT2D eigenvalue weighted by atomic mass is 79.9. The molecular weight excluding hydrogens is 448 g/mol. The first kappa shape index (κ1) is 19.7. The topological polar surface area (TPSA) is 42.3 Å². The van der Waals surface area contributed by atoms with Gasteiger partial charge in [0.2, 0.25) is 0 Å². The van der Waals surface area contributed by atoms with Gasteiger partial charge in [-0.25, -0.2) is 0 Å². The van der Waals surface area contributed by atoms with Crippen LogP contribution in [0.15, 0.2) is 82.3 Å². The highest BCUT2D eigenvalue weighted by Crippen LogP contribution is 2.33. The van der Waals surface area contributed by atoms with Crippen molar-refractivity contribution >= 4 is 44.9 Å². The smallest absolute Gasteiger partial charge is 0.293 e. The summed E-state index contributed by atoms with van der Waals surface area (Å²) in [7, 11) is 0. The fourth-order valence-corrected chi connectivity index (χ4v) is 4.38. The number of carbonyl (C=O) groups is 2. The molecular formula is C23H19BrN2O2S. The summed E-state index contributed by atoms with van der Waals surface area (Å²) >= 11 is 4.45. The van der Waals surface area contributed by atoms with Crippen LogP contribution in [0.5, 0.6) is 0 Å². The summed E-state index contributed by atoms with van der Waals surface area (Å²) in [5.41, 5.74) is 3.07. The van der Waals surface area contributed by atoms with Crippen LogP contribution < -0.4 is 0 Å². The molecule has 0 atom stereocenters. The van der Waals surface area contributed by atoms with Crippen molar-refractivity contribution in [3.63, 3.8) is 0 Å². The molecule has 1 fully saturated rings. The molecule has 2 aromatic carbocycles. The molecule has 2 amide bonds. The Labute approximate surface area is 182 Å². The van der Waals surface area contributed by atoms with Crippen molar-refractivity contribution in [2.24, 2.45) is 0 Å². The second kappa shape index (κ2) is 8.84. The molecule has 0 aliphatic carbocycles. The monoisotopic (exact) mass is 466 g/mol. The summed E-state index contributed by atoms with van der Waals surface area (Å²) in [4.78, 5) is 27.0. The van der Waals surface area contributed by atoms with Gasteiger partial charge in [0.15, 0.2) is 0 Å². The summed E-state index contributed by atoms with van der Waals surface area (Å²) in [5.74, 6) is -0.211. The minimum atomic E-state index is -0.211. The molecule has 4 rings (SSSR count). The minimum absolute atomic E-state index is 0.198. The van der Waals surface area contributed by atoms with Crippen LogP contribution >= 0.6 is 27.7 Å². The number of imide groups is 1. The van der Waals surface area contributed by atoms with E-state index in [2.05, 4.69) is 28.1 Å². The fraction of sp³-hybridized carbons (Fsp3) is 0.130. The van der Waals surface area contributed by atoms with Crippen LogP contribution in [0.3, 0.4) is 0 Å². The van der Waals surface area contributed by atoms with E-state index in [4.69, 9.17) is 0 Å². The van der Waals surface area contributed by atoms with Gasteiger partial charge >= 0.3 is 0 Å². The Morgan fingerprint density at radius 2 is 1.69 bits per heavy atom. The van der Waals surface area contributed by atoms with Gasteiger partial charge in [0.1, 0.15) is 0 Å². The van der Waals surface area contributed by atoms with E-state index in [-0.39, 0.29) is 11.1 Å². The molecule has 0 unspecified atom stereocenters. The van der Waals surface area contributed by atoms with Crippen LogP contribution in [0.25, 0.3) is 11.8 Å². The van der Waals surface area contributed by atoms with E-state index in [0.29, 0.717) is 11.4 Å². The van der Waals surface area contributed by atoms with Crippen molar-refractivity contribution in [2.75, 3.05) is 6.54 Å². The minimum Gasteiger partial charge on any atom is -0.317 e. The van der Waals surface area contributed by atoms with Crippen molar-refractivity contribution in [3.05, 3.63) is 93.6 Å². The first-order chi connectivity index (χ1) is 14.1. The van der Waals surface area contributed by atoms with Gasteiger partial charge in [0.05, 0.1) is 4.91 Å². The Hall–Kier alpha value is -2.57. The van der Waals surface area contributed by atoms with Crippen LogP contribution in [-0.2, 0) is 11.2 Å². The van der Waals surface area contributed by atoms with E-state index in [9.17, 15) is 9.59 Å². The second-order valence-corrected chi connectivity index (χ2v) is 8.61. The zero-order chi connectivity index (χ0) is 20.2. The first-order valence-electron chi connectivity index (χ1n) is 9.34. The number of hydrogen-bond donors (Lipinski definition) is 0. The third-order valence-corrected chi connectivity index (χ3v) is 6.16. The van der Waals surface area contributed by atoms with Crippen LogP contribution in [0, 0.1) is 0 Å². The molecule has 0 bridgehead atoms. The Bertz CT molecular complexity index is 1060. The molecule has 0 radical (unpaired) electrons. The molecule has 1 aromatic heterocycles. The molecule has 0 spiro atoms. The second-order valence-electron chi connectivity index (χ2n) is 6.70. The van der Waals surface area contributed by atoms with Crippen molar-refractivity contribution < 1.29 is 9.59 Å². The number of halogens is 1. The molecule has 0 saturated carbocycles. The van der Waals surface area contributed by atoms with Gasteiger partial charge in [-0.05, 0) is 72.6 Å². The molecule has 1 aliphatic heterocycles. The number of carbonyl (C=O) groups excluding carboxylic acids is 2. The SMILES string of the molecule is O=C1S/C(=C/c2cccn2-c2ccc(Br)cc2)C(=O)N1CCCc1ccccc1. The lowest BCUT2D eigenvalue weighted by Gasteiger charge is -2.12. The van der Waals surface area contributed by atoms with E-state index in [1.165, 1.54) is 10.5 Å². The summed E-state index contributed by atoms with van der Waals surface area (Å²) in [6.45, 7) is 0.435. The maximum absolute atomic E-state index is 12.8. The van der Waals surface area contributed by atoms with E-state index < -0.39 is 0 Å². The van der Waals surface area contributed by atoms with E-state index in [1.54, 1.807) is 6.08 Å². The van der Waals surface area contributed by atoms with Gasteiger partial charge in [0, 0.05) is 28.6 Å². The van der Waals surface area contributed by atoms with Crippen LogP contribution in [0.1, 0.15) is 17.7 Å². The predicted molar refractivity (Wildman–Crippen MR) is 121 cm³/mol. The third kappa shape index (κ3) is 4.54. The number of benzene rings is 2. The average Bonchev–Trinajstić information content (AvgIpc) is 3.29. The molecule has 3 aromatic rings. The Balaban J connectivity index is 1.47. The van der Waals surface area contributed by atoms with Gasteiger partial charge in [-0.2, -0.15) is 0 Å². The number of hydrogen-bond acceptors (Lipinski definition) is 3. The molecule has 6 heteroatoms. The number of aryl methyl sites for hydroxylation is 1. The Kier molecular flexibility index (Phi) is 6.02. The van der Waals surface area contributed by atoms with Crippen LogP contribution in [0.2, 0.25) is 0 Å². The molecule has 1 saturated heterocycles. The number of aromatic nitrogens is 1. The zero-order valence-corrected chi connectivity index (χ0v) is 18.0. The highest BCUT2D eigenvalue weighted by Gasteiger charge is 2.34. The summed E-state index contributed by atoms with van der Waals surface area (Å²) in [5, 5.41) is -0.198. The quantitative estimate of drug-likeness (QED) is 0.424. The molecule has 1 aliphatic rings. The molecule has 2 heterocycles. The van der Waals surface area contributed by atoms with E-state index in [0.717, 1.165) is 40.5 Å². The normalized spacial score (nSPS) is 15.5. The summed E-state index contributed by atoms with van der Waals surface area (Å²) in [6, 6.07) is 21.9. The number of rotatable bonds is 6. The molecule has 0 N–H and O–H groups in total. The van der Waals surface area contributed by atoms with Gasteiger partial charge in [-0.1, -0.05) is 46.3 Å². The first-order valence-corrected chi connectivity index (χ1v) is 11.0. The van der Waals surface area contributed by atoms with Gasteiger partial charge in [0.25, 0.3) is 11.1 Å². The number of amides is 2. The van der Waals surface area contributed by atoms with Gasteiger partial charge in [-0.15, -0.1) is 0 Å². The van der Waals surface area contributed by atoms with Crippen LogP contribution in [-0.4, -0.2) is 27.2 Å². The maximum Gasteiger partial charge on any atom is 0.293 e. The summed E-state index contributed by atoms with van der Waals surface area (Å²) < 4.78 is 3.00. The molecule has 29 heavy (non-hydrogen) atoms. The van der Waals surface area contributed by atoms with Gasteiger partial charge in [-0.3, -0.25) is 14.5 Å². The Morgan fingerprint density at radius 3 is 2.45 bits per heavy atom. The highest BCUT2D eigenvalue weighted by molar-refractivity contribution is 9.10. The zero-order valence-electron chi connectivity index (χ0n) is 15.6. The van der Waals surface area contributed by atoms with Crippen molar-refractivity contribution in [2.45, 2.75) is 12.8 Å². The standard InChI is InChI=1S/C23H19BrN2O2S/c24-18-10-12-19(13-11-18)25-14-5-9-20(25)16-21-22(27)26(23(28)29-21)15-4-8-17-6-2-1-3-7-17/h1-3,5-7,9-14,16H,4,8,15H2/b21-16+. The average molecular weight is 467 g/mol. The van der Waals surface area contributed by atoms with Crippen molar-refractivity contribution in [3.8, 4) is 5.69 Å². The maximum atomic E-state index is 12.8. The Morgan fingerprint density at radius 1 is 0.931 bits per heavy atom. The predicted octanol–water partition coefficient (Wildman–Crippen LogP) is 5.91. The lowest BCUT2D eigenvalue weighted by atomic mass is 10.1. The summed E-state index contributed by atoms with van der Waals surface area (Å²) in [6.07, 6.45) is 5.34. The van der Waals surface area contributed by atoms with Crippen molar-refractivity contribution in [1.82, 2.24) is 9.47 Å². The fourth-order valence-electron chi connectivity index (χ4n) is 3.26. The third-order valence-electron chi connectivity index (χ3n) is 4.73. The lowest BCUT2D eigenvalue weighted by molar-refractivity contribution is -0.122. The largest absolute Gasteiger partial charge is 0.317 e. The van der Waals surface area contributed by atoms with E-state index in [1.807, 2.05) is 65.4 Å². The van der Waals surface area contributed by atoms with Crippen molar-refractivity contribution in [1.29, 1.82) is 0 Å². The van der Waals surface area contributed by atoms with E-state index >= 15 is 0 Å². The number of thioether (sulfide) groups is 1. The molecule has 146 valence electrons. The van der Waals surface area contributed by atoms with Crippen LogP contribution in [0.4, 0.5) is 4.79 Å². The van der Waals surface area contributed by atoms with Gasteiger partial charge < -0.3 is 4.57 Å².